The van der Waals surface area contributed by atoms with Gasteiger partial charge in [0.1, 0.15) is 5.01 Å². The van der Waals surface area contributed by atoms with E-state index in [0.717, 1.165) is 10.7 Å². The van der Waals surface area contributed by atoms with Gasteiger partial charge in [0.25, 0.3) is 0 Å². The van der Waals surface area contributed by atoms with Crippen LogP contribution in [0.1, 0.15) is 28.9 Å². The van der Waals surface area contributed by atoms with Gasteiger partial charge in [-0.1, -0.05) is 6.08 Å². The van der Waals surface area contributed by atoms with Crippen molar-refractivity contribution in [2.75, 3.05) is 6.61 Å². The summed E-state index contributed by atoms with van der Waals surface area (Å²) in [7, 11) is 0. The van der Waals surface area contributed by atoms with Crippen molar-refractivity contribution >= 4 is 23.4 Å². The lowest BCUT2D eigenvalue weighted by Crippen LogP contribution is -2.01. The molecule has 0 radical (unpaired) electrons. The smallest absolute Gasteiger partial charge is 0.309 e. The Morgan fingerprint density at radius 1 is 1.53 bits per heavy atom. The molecular formula is C11H15NO2S. The summed E-state index contributed by atoms with van der Waals surface area (Å²) in [4.78, 5) is 16.6. The Bertz CT molecular complexity index is 349. The normalized spacial score (nSPS) is 10.9. The Morgan fingerprint density at radius 2 is 2.27 bits per heavy atom. The number of thiazole rings is 1. The van der Waals surface area contributed by atoms with Crippen molar-refractivity contribution in [3.05, 3.63) is 21.7 Å². The molecule has 0 fully saturated rings. The summed E-state index contributed by atoms with van der Waals surface area (Å²) in [6.45, 7) is 6.25. The SMILES string of the molecule is CCOC(=O)CC=Cc1nc(C)c(C)s1. The highest BCUT2D eigenvalue weighted by molar-refractivity contribution is 7.12. The molecule has 3 nitrogen and oxygen atoms in total. The standard InChI is InChI=1S/C11H15NO2S/c1-4-14-11(13)7-5-6-10-12-8(2)9(3)15-10/h5-6H,4,7H2,1-3H3. The van der Waals surface area contributed by atoms with E-state index in [1.54, 1.807) is 24.3 Å². The van der Waals surface area contributed by atoms with Crippen molar-refractivity contribution in [2.24, 2.45) is 0 Å². The van der Waals surface area contributed by atoms with E-state index in [0.29, 0.717) is 13.0 Å². The quantitative estimate of drug-likeness (QED) is 0.740. The molecule has 0 spiro atoms. The average molecular weight is 225 g/mol. The predicted octanol–water partition coefficient (Wildman–Crippen LogP) is 2.73. The van der Waals surface area contributed by atoms with Crippen molar-refractivity contribution in [1.29, 1.82) is 0 Å². The summed E-state index contributed by atoms with van der Waals surface area (Å²) >= 11 is 1.63. The maximum atomic E-state index is 11.0. The number of hydrogen-bond donors (Lipinski definition) is 0. The second-order valence-electron chi connectivity index (χ2n) is 3.11. The highest BCUT2D eigenvalue weighted by Gasteiger charge is 2.00. The van der Waals surface area contributed by atoms with Crippen molar-refractivity contribution in [3.8, 4) is 0 Å². The van der Waals surface area contributed by atoms with E-state index >= 15 is 0 Å². The number of rotatable bonds is 4. The van der Waals surface area contributed by atoms with Gasteiger partial charge in [0.15, 0.2) is 0 Å². The fraction of sp³-hybridized carbons (Fsp3) is 0.455. The summed E-state index contributed by atoms with van der Waals surface area (Å²) in [5.41, 5.74) is 1.05. The third kappa shape index (κ3) is 3.83. The molecule has 4 heteroatoms. The largest absolute Gasteiger partial charge is 0.466 e. The van der Waals surface area contributed by atoms with Crippen LogP contribution >= 0.6 is 11.3 Å². The van der Waals surface area contributed by atoms with Crippen LogP contribution in [-0.2, 0) is 9.53 Å². The van der Waals surface area contributed by atoms with E-state index in [1.807, 2.05) is 19.9 Å². The van der Waals surface area contributed by atoms with Crippen LogP contribution in [0, 0.1) is 13.8 Å². The van der Waals surface area contributed by atoms with Gasteiger partial charge in [-0.25, -0.2) is 4.98 Å². The number of esters is 1. The number of carbonyl (C=O) groups is 1. The Kier molecular flexibility index (Phi) is 4.49. The number of ether oxygens (including phenoxy) is 1. The van der Waals surface area contributed by atoms with Crippen LogP contribution in [0.25, 0.3) is 6.08 Å². The molecule has 0 aliphatic carbocycles. The van der Waals surface area contributed by atoms with Crippen molar-refractivity contribution < 1.29 is 9.53 Å². The van der Waals surface area contributed by atoms with Crippen LogP contribution in [0.15, 0.2) is 6.08 Å². The van der Waals surface area contributed by atoms with Gasteiger partial charge in [0.2, 0.25) is 0 Å². The Balaban J connectivity index is 2.48. The first-order valence-corrected chi connectivity index (χ1v) is 5.71. The number of aromatic nitrogens is 1. The van der Waals surface area contributed by atoms with Crippen LogP contribution in [-0.4, -0.2) is 17.6 Å². The van der Waals surface area contributed by atoms with Crippen molar-refractivity contribution in [3.63, 3.8) is 0 Å². The maximum Gasteiger partial charge on any atom is 0.309 e. The maximum absolute atomic E-state index is 11.0. The molecule has 1 rings (SSSR count). The van der Waals surface area contributed by atoms with Crippen LogP contribution < -0.4 is 0 Å². The molecule has 1 heterocycles. The molecule has 0 atom stereocenters. The molecule has 82 valence electrons. The molecular weight excluding hydrogens is 210 g/mol. The molecule has 0 amide bonds. The molecule has 0 unspecified atom stereocenters. The minimum absolute atomic E-state index is 0.196. The summed E-state index contributed by atoms with van der Waals surface area (Å²) in [6.07, 6.45) is 3.96. The lowest BCUT2D eigenvalue weighted by atomic mass is 10.4. The van der Waals surface area contributed by atoms with Gasteiger partial charge in [-0.2, -0.15) is 0 Å². The van der Waals surface area contributed by atoms with Gasteiger partial charge in [-0.15, -0.1) is 11.3 Å². The number of nitrogens with zero attached hydrogens (tertiary/aromatic N) is 1. The van der Waals surface area contributed by atoms with E-state index < -0.39 is 0 Å². The van der Waals surface area contributed by atoms with Gasteiger partial charge in [-0.05, 0) is 26.8 Å². The number of hydrogen-bond acceptors (Lipinski definition) is 4. The molecule has 0 aliphatic rings. The first kappa shape index (κ1) is 11.9. The zero-order valence-corrected chi connectivity index (χ0v) is 10.1. The Morgan fingerprint density at radius 3 is 2.80 bits per heavy atom. The Hall–Kier alpha value is -1.16. The molecule has 0 saturated carbocycles. The fourth-order valence-electron chi connectivity index (χ4n) is 1.04. The van der Waals surface area contributed by atoms with Crippen LogP contribution in [0.3, 0.4) is 0 Å². The second kappa shape index (κ2) is 5.66. The van der Waals surface area contributed by atoms with Gasteiger partial charge in [0.05, 0.1) is 18.7 Å². The fourth-order valence-corrected chi connectivity index (χ4v) is 1.90. The first-order chi connectivity index (χ1) is 7.13. The van der Waals surface area contributed by atoms with Gasteiger partial charge >= 0.3 is 5.97 Å². The zero-order valence-electron chi connectivity index (χ0n) is 9.24. The second-order valence-corrected chi connectivity index (χ2v) is 4.34. The molecule has 0 saturated heterocycles. The van der Waals surface area contributed by atoms with Gasteiger partial charge in [0, 0.05) is 4.88 Å². The van der Waals surface area contributed by atoms with Crippen molar-refractivity contribution in [2.45, 2.75) is 27.2 Å². The van der Waals surface area contributed by atoms with Gasteiger partial charge in [-0.3, -0.25) is 4.79 Å². The minimum atomic E-state index is -0.196. The highest BCUT2D eigenvalue weighted by atomic mass is 32.1. The van der Waals surface area contributed by atoms with E-state index in [9.17, 15) is 4.79 Å². The van der Waals surface area contributed by atoms with Crippen LogP contribution in [0.2, 0.25) is 0 Å². The zero-order chi connectivity index (χ0) is 11.3. The van der Waals surface area contributed by atoms with E-state index in [2.05, 4.69) is 4.98 Å². The topological polar surface area (TPSA) is 39.2 Å². The lowest BCUT2D eigenvalue weighted by Gasteiger charge is -1.95. The highest BCUT2D eigenvalue weighted by Crippen LogP contribution is 2.17. The Labute approximate surface area is 93.8 Å². The minimum Gasteiger partial charge on any atom is -0.466 e. The van der Waals surface area contributed by atoms with E-state index in [1.165, 1.54) is 4.88 Å². The number of carbonyl (C=O) groups excluding carboxylic acids is 1. The summed E-state index contributed by atoms with van der Waals surface area (Å²) in [6, 6.07) is 0. The molecule has 0 N–H and O–H groups in total. The summed E-state index contributed by atoms with van der Waals surface area (Å²) < 4.78 is 4.80. The third-order valence-corrected chi connectivity index (χ3v) is 2.93. The molecule has 0 aliphatic heterocycles. The van der Waals surface area contributed by atoms with Crippen LogP contribution in [0.4, 0.5) is 0 Å². The van der Waals surface area contributed by atoms with E-state index in [-0.39, 0.29) is 5.97 Å². The van der Waals surface area contributed by atoms with Crippen LogP contribution in [0.5, 0.6) is 0 Å². The molecule has 0 bridgehead atoms. The lowest BCUT2D eigenvalue weighted by molar-refractivity contribution is -0.142. The monoisotopic (exact) mass is 225 g/mol. The van der Waals surface area contributed by atoms with Gasteiger partial charge < -0.3 is 4.74 Å². The summed E-state index contributed by atoms with van der Waals surface area (Å²) in [5, 5.41) is 0.939. The molecule has 0 aromatic carbocycles. The molecule has 15 heavy (non-hydrogen) atoms. The average Bonchev–Trinajstić information content (AvgIpc) is 2.46. The summed E-state index contributed by atoms with van der Waals surface area (Å²) in [5.74, 6) is -0.196. The first-order valence-electron chi connectivity index (χ1n) is 4.89. The number of aryl methyl sites for hydroxylation is 2. The van der Waals surface area contributed by atoms with E-state index in [4.69, 9.17) is 4.74 Å². The third-order valence-electron chi connectivity index (χ3n) is 1.90. The molecule has 1 aromatic heterocycles. The molecule has 1 aromatic rings. The predicted molar refractivity (Wildman–Crippen MR) is 61.9 cm³/mol. The van der Waals surface area contributed by atoms with Crippen molar-refractivity contribution in [1.82, 2.24) is 4.98 Å².